The van der Waals surface area contributed by atoms with Gasteiger partial charge in [-0.05, 0) is 80.0 Å². The summed E-state index contributed by atoms with van der Waals surface area (Å²) in [5, 5.41) is 129. The van der Waals surface area contributed by atoms with Crippen LogP contribution in [0.5, 0.6) is 0 Å². The van der Waals surface area contributed by atoms with Gasteiger partial charge in [0, 0.05) is 30.1 Å². The van der Waals surface area contributed by atoms with E-state index >= 15 is 0 Å². The van der Waals surface area contributed by atoms with Crippen LogP contribution in [0.3, 0.4) is 0 Å². The summed E-state index contributed by atoms with van der Waals surface area (Å²) in [5.74, 6) is 1.10. The van der Waals surface area contributed by atoms with E-state index in [1.54, 1.807) is 0 Å². The van der Waals surface area contributed by atoms with Crippen LogP contribution in [0.4, 0.5) is 0 Å². The van der Waals surface area contributed by atoms with Crippen molar-refractivity contribution in [3.8, 4) is 0 Å². The normalized spacial score (nSPS) is 57.2. The molecule has 0 aromatic carbocycles. The lowest BCUT2D eigenvalue weighted by Crippen LogP contribution is -2.67. The summed E-state index contributed by atoms with van der Waals surface area (Å²) in [5.41, 5.74) is -0.721. The highest BCUT2D eigenvalue weighted by atomic mass is 16.8. The van der Waals surface area contributed by atoms with Gasteiger partial charge < -0.3 is 109 Å². The summed E-state index contributed by atoms with van der Waals surface area (Å²) >= 11 is 0. The quantitative estimate of drug-likeness (QED) is 0.0913. The molecule has 23 nitrogen and oxygen atoms in total. The molecule has 0 bridgehead atoms. The molecule has 10 rings (SSSR count). The molecule has 4 aliphatic carbocycles. The lowest BCUT2D eigenvalue weighted by atomic mass is 9.44. The Hall–Kier alpha value is -1.21. The van der Waals surface area contributed by atoms with Crippen LogP contribution in [0.2, 0.25) is 0 Å². The minimum atomic E-state index is -2.02. The minimum Gasteiger partial charge on any atom is -0.394 e. The van der Waals surface area contributed by atoms with Crippen LogP contribution >= 0.6 is 0 Å². The lowest BCUT2D eigenvalue weighted by molar-refractivity contribution is -0.397. The van der Waals surface area contributed by atoms with Crippen molar-refractivity contribution in [3.63, 3.8) is 0 Å². The molecule has 12 N–H and O–H groups in total. The van der Waals surface area contributed by atoms with Gasteiger partial charge in [-0.15, -0.1) is 0 Å². The second-order valence-electron chi connectivity index (χ2n) is 23.7. The van der Waals surface area contributed by atoms with E-state index in [0.29, 0.717) is 49.9 Å². The zero-order chi connectivity index (χ0) is 52.2. The molecule has 0 radical (unpaired) electrons. The topological polar surface area (TPSA) is 352 Å². The maximum absolute atomic E-state index is 14.8. The molecule has 31 unspecified atom stereocenters. The van der Waals surface area contributed by atoms with Gasteiger partial charge in [-0.1, -0.05) is 27.7 Å². The Kier molecular flexibility index (Phi) is 15.9. The van der Waals surface area contributed by atoms with E-state index < -0.39 is 160 Å². The predicted octanol–water partition coefficient (Wildman–Crippen LogP) is -3.09. The molecule has 31 atom stereocenters. The standard InChI is InChI=1S/C50H80O23/c1-19-7-10-50(65-17-19)20(2)32-27(73-50)12-25-23-6-5-21-11-22(8-9-48(21,3)24(23)13-31(55)49(25,32)4)66-47-43(39(62)41(30(16-53)69-47)70-44-37(60)33(56)26(54)18-64-44)72-46-40(63)42(35(58)29(15-52)68-46)71-45-38(61)36(59)34(57)28(14-51)67-45/h19-30,32-47,51-54,56-63H,5-18H2,1-4H3. The first-order chi connectivity index (χ1) is 34.7. The fourth-order valence-corrected chi connectivity index (χ4v) is 15.6. The first-order valence-electron chi connectivity index (χ1n) is 26.7. The molecule has 6 aliphatic heterocycles. The largest absolute Gasteiger partial charge is 0.394 e. The SMILES string of the molecule is CC1CCC2(OC1)OC1CC3C4CCC5CC(OC6OC(CO)C(OC7OCC(O)C(O)C7O)C(O)C6OC6OC(CO)C(O)C(OC7OC(CO)C(O)C(O)C7O)C6O)CCC5(C)C4CC(=O)C3(C)C1C2C. The Morgan fingerprint density at radius 1 is 0.589 bits per heavy atom. The molecule has 6 heterocycles. The Balaban J connectivity index is 0.869. The van der Waals surface area contributed by atoms with Crippen LogP contribution in [0, 0.1) is 52.3 Å². The second-order valence-corrected chi connectivity index (χ2v) is 23.7. The maximum Gasteiger partial charge on any atom is 0.187 e. The van der Waals surface area contributed by atoms with E-state index in [9.17, 15) is 66.1 Å². The summed E-state index contributed by atoms with van der Waals surface area (Å²) in [4.78, 5) is 14.8. The van der Waals surface area contributed by atoms with Gasteiger partial charge in [-0.25, -0.2) is 0 Å². The van der Waals surface area contributed by atoms with Crippen LogP contribution in [-0.2, 0) is 52.2 Å². The van der Waals surface area contributed by atoms with E-state index in [2.05, 4.69) is 27.7 Å². The summed E-state index contributed by atoms with van der Waals surface area (Å²) in [6.07, 6.45) is -26.3. The molecule has 1 spiro atoms. The van der Waals surface area contributed by atoms with Gasteiger partial charge in [0.05, 0.1) is 45.2 Å². The zero-order valence-electron chi connectivity index (χ0n) is 41.9. The van der Waals surface area contributed by atoms with Gasteiger partial charge in [0.25, 0.3) is 0 Å². The highest BCUT2D eigenvalue weighted by molar-refractivity contribution is 5.87. The Morgan fingerprint density at radius 2 is 1.23 bits per heavy atom. The van der Waals surface area contributed by atoms with Gasteiger partial charge in [0.1, 0.15) is 97.3 Å². The Bertz CT molecular complexity index is 1910. The lowest BCUT2D eigenvalue weighted by Gasteiger charge is -2.61. The molecule has 0 amide bonds. The van der Waals surface area contributed by atoms with Crippen molar-refractivity contribution in [1.29, 1.82) is 0 Å². The Morgan fingerprint density at radius 3 is 1.92 bits per heavy atom. The highest BCUT2D eigenvalue weighted by Gasteiger charge is 2.72. The molecule has 23 heteroatoms. The van der Waals surface area contributed by atoms with Crippen LogP contribution < -0.4 is 0 Å². The highest BCUT2D eigenvalue weighted by Crippen LogP contribution is 2.70. The van der Waals surface area contributed by atoms with E-state index in [1.807, 2.05) is 0 Å². The first-order valence-corrected chi connectivity index (χ1v) is 26.7. The van der Waals surface area contributed by atoms with Crippen molar-refractivity contribution in [3.05, 3.63) is 0 Å². The number of rotatable bonds is 11. The van der Waals surface area contributed by atoms with Crippen molar-refractivity contribution in [2.24, 2.45) is 52.3 Å². The Labute approximate surface area is 423 Å². The molecule has 4 saturated carbocycles. The molecule has 0 aromatic rings. The number of carbonyl (C=O) groups is 1. The van der Waals surface area contributed by atoms with Gasteiger partial charge in [-0.2, -0.15) is 0 Å². The predicted molar refractivity (Wildman–Crippen MR) is 243 cm³/mol. The fraction of sp³-hybridized carbons (Fsp3) is 0.980. The summed E-state index contributed by atoms with van der Waals surface area (Å²) in [6, 6.07) is 0. The molecule has 10 aliphatic rings. The van der Waals surface area contributed by atoms with E-state index in [1.165, 1.54) is 0 Å². The average molecular weight is 1050 g/mol. The van der Waals surface area contributed by atoms with Gasteiger partial charge in [0.15, 0.2) is 30.9 Å². The number of Topliss-reactive ketones (excluding diaryl/α,β-unsaturated/α-hetero) is 1. The maximum atomic E-state index is 14.8. The zero-order valence-corrected chi connectivity index (χ0v) is 41.9. The third kappa shape index (κ3) is 9.30. The monoisotopic (exact) mass is 1050 g/mol. The van der Waals surface area contributed by atoms with E-state index in [0.717, 1.165) is 32.1 Å². The molecule has 73 heavy (non-hydrogen) atoms. The number of aliphatic hydroxyl groups excluding tert-OH is 12. The number of ketones is 1. The van der Waals surface area contributed by atoms with Crippen molar-refractivity contribution >= 4 is 5.78 Å². The number of aliphatic hydroxyl groups is 12. The van der Waals surface area contributed by atoms with Crippen molar-refractivity contribution in [2.75, 3.05) is 33.0 Å². The number of hydrogen-bond donors (Lipinski definition) is 12. The molecule has 6 saturated heterocycles. The third-order valence-corrected chi connectivity index (χ3v) is 19.9. The van der Waals surface area contributed by atoms with Crippen LogP contribution in [-0.4, -0.2) is 235 Å². The summed E-state index contributed by atoms with van der Waals surface area (Å²) in [7, 11) is 0. The van der Waals surface area contributed by atoms with Gasteiger partial charge in [0.2, 0.25) is 0 Å². The van der Waals surface area contributed by atoms with E-state index in [-0.39, 0.29) is 41.1 Å². The second kappa shape index (κ2) is 21.1. The summed E-state index contributed by atoms with van der Waals surface area (Å²) < 4.78 is 61.3. The average Bonchev–Trinajstić information content (AvgIpc) is 3.82. The first kappa shape index (κ1) is 55.1. The number of carbonyl (C=O) groups excluding carboxylic acids is 1. The minimum absolute atomic E-state index is 0.0372. The number of fused-ring (bicyclic) bond motifs is 7. The van der Waals surface area contributed by atoms with Crippen molar-refractivity contribution < 1.29 is 113 Å². The number of hydrogen-bond acceptors (Lipinski definition) is 23. The molecule has 10 fully saturated rings. The van der Waals surface area contributed by atoms with Crippen molar-refractivity contribution in [1.82, 2.24) is 0 Å². The smallest absolute Gasteiger partial charge is 0.187 e. The van der Waals surface area contributed by atoms with E-state index in [4.69, 9.17) is 47.4 Å². The van der Waals surface area contributed by atoms with Crippen LogP contribution in [0.15, 0.2) is 0 Å². The van der Waals surface area contributed by atoms with Crippen molar-refractivity contribution in [2.45, 2.75) is 220 Å². The third-order valence-electron chi connectivity index (χ3n) is 19.9. The summed E-state index contributed by atoms with van der Waals surface area (Å²) in [6.45, 7) is 6.69. The molecular weight excluding hydrogens is 969 g/mol. The number of ether oxygens (including phenoxy) is 10. The van der Waals surface area contributed by atoms with Crippen LogP contribution in [0.1, 0.15) is 85.5 Å². The van der Waals surface area contributed by atoms with Crippen LogP contribution in [0.25, 0.3) is 0 Å². The molecular formula is C50H80O23. The molecule has 0 aromatic heterocycles. The fourth-order valence-electron chi connectivity index (χ4n) is 15.6. The van der Waals surface area contributed by atoms with Gasteiger partial charge in [-0.3, -0.25) is 4.79 Å². The molecule has 418 valence electrons. The van der Waals surface area contributed by atoms with Gasteiger partial charge >= 0.3 is 0 Å².